The van der Waals surface area contributed by atoms with E-state index in [0.717, 1.165) is 5.56 Å². The zero-order chi connectivity index (χ0) is 10.5. The molecule has 0 radical (unpaired) electrons. The number of nitrogens with zero attached hydrogens (tertiary/aromatic N) is 2. The molecule has 0 bridgehead atoms. The van der Waals surface area contributed by atoms with E-state index in [1.807, 2.05) is 0 Å². The molecular weight excluding hydrogens is 196 g/mol. The second-order valence-corrected chi connectivity index (χ2v) is 2.86. The summed E-state index contributed by atoms with van der Waals surface area (Å²) in [4.78, 5) is 14.2. The fraction of sp³-hybridized carbons (Fsp3) is 0.100. The lowest BCUT2D eigenvalue weighted by molar-refractivity contribution is 0.111. The summed E-state index contributed by atoms with van der Waals surface area (Å²) >= 11 is 0. The predicted octanol–water partition coefficient (Wildman–Crippen LogP) is 1.46. The van der Waals surface area contributed by atoms with Crippen molar-refractivity contribution in [1.29, 1.82) is 0 Å². The quantitative estimate of drug-likeness (QED) is 0.705. The van der Waals surface area contributed by atoms with Crippen molar-refractivity contribution < 1.29 is 14.1 Å². The molecular formula is C10H8N2O3. The number of ether oxygens (including phenoxy) is 1. The zero-order valence-corrected chi connectivity index (χ0v) is 7.79. The number of hydrogen-bond acceptors (Lipinski definition) is 5. The van der Waals surface area contributed by atoms with Gasteiger partial charge in [-0.2, -0.15) is 0 Å². The van der Waals surface area contributed by atoms with Gasteiger partial charge in [0.15, 0.2) is 6.29 Å². The molecule has 5 nitrogen and oxygen atoms in total. The number of carbonyl (C=O) groups excluding carboxylic acids is 1. The summed E-state index contributed by atoms with van der Waals surface area (Å²) < 4.78 is 10.0. The fourth-order valence-electron chi connectivity index (χ4n) is 1.01. The molecule has 0 saturated carbocycles. The minimum absolute atomic E-state index is 0.367. The molecule has 0 atom stereocenters. The van der Waals surface area contributed by atoms with E-state index < -0.39 is 0 Å². The fourth-order valence-corrected chi connectivity index (χ4v) is 1.01. The second-order valence-electron chi connectivity index (χ2n) is 2.86. The average Bonchev–Trinajstić information content (AvgIpc) is 2.80. The molecule has 0 amide bonds. The van der Waals surface area contributed by atoms with Crippen molar-refractivity contribution in [2.24, 2.45) is 0 Å². The van der Waals surface area contributed by atoms with Crippen molar-refractivity contribution in [3.63, 3.8) is 0 Å². The summed E-state index contributed by atoms with van der Waals surface area (Å²) in [5.41, 5.74) is 1.22. The van der Waals surface area contributed by atoms with Crippen LogP contribution >= 0.6 is 0 Å². The van der Waals surface area contributed by atoms with Crippen LogP contribution in [0.2, 0.25) is 0 Å². The monoisotopic (exact) mass is 204 g/mol. The first-order chi connectivity index (χ1) is 7.38. The molecule has 0 saturated heterocycles. The highest BCUT2D eigenvalue weighted by atomic mass is 16.5. The Balaban J connectivity index is 1.96. The maximum absolute atomic E-state index is 10.3. The molecule has 2 rings (SSSR count). The van der Waals surface area contributed by atoms with Crippen molar-refractivity contribution in [3.8, 4) is 5.75 Å². The Morgan fingerprint density at radius 2 is 2.33 bits per heavy atom. The van der Waals surface area contributed by atoms with Crippen molar-refractivity contribution >= 4 is 6.29 Å². The summed E-state index contributed by atoms with van der Waals surface area (Å²) in [6.45, 7) is 0.367. The Bertz CT molecular complexity index is 422. The van der Waals surface area contributed by atoms with Gasteiger partial charge in [0.25, 0.3) is 0 Å². The van der Waals surface area contributed by atoms with Gasteiger partial charge in [0.05, 0.1) is 12.4 Å². The van der Waals surface area contributed by atoms with Crippen LogP contribution in [0, 0.1) is 0 Å². The molecule has 0 aliphatic carbocycles. The van der Waals surface area contributed by atoms with E-state index in [1.54, 1.807) is 18.3 Å². The van der Waals surface area contributed by atoms with E-state index >= 15 is 0 Å². The van der Waals surface area contributed by atoms with Gasteiger partial charge in [-0.15, -0.1) is 0 Å². The molecule has 0 aliphatic heterocycles. The van der Waals surface area contributed by atoms with Gasteiger partial charge in [-0.1, -0.05) is 5.16 Å². The summed E-state index contributed by atoms with van der Waals surface area (Å²) in [7, 11) is 0. The third-order valence-corrected chi connectivity index (χ3v) is 1.77. The van der Waals surface area contributed by atoms with Crippen molar-refractivity contribution in [2.75, 3.05) is 0 Å². The highest BCUT2D eigenvalue weighted by molar-refractivity contribution is 5.71. The summed E-state index contributed by atoms with van der Waals surface area (Å²) in [5.74, 6) is 0.599. The van der Waals surface area contributed by atoms with Crippen LogP contribution in [0.5, 0.6) is 5.75 Å². The van der Waals surface area contributed by atoms with Crippen LogP contribution in [0.3, 0.4) is 0 Å². The number of aromatic nitrogens is 2. The topological polar surface area (TPSA) is 65.2 Å². The molecule has 0 spiro atoms. The van der Waals surface area contributed by atoms with Gasteiger partial charge in [0.2, 0.25) is 0 Å². The van der Waals surface area contributed by atoms with E-state index in [4.69, 9.17) is 4.74 Å². The highest BCUT2D eigenvalue weighted by Gasteiger charge is 1.98. The SMILES string of the molecule is O=Cc1ccc(OCc2cnoc2)cn1. The van der Waals surface area contributed by atoms with Gasteiger partial charge in [0.1, 0.15) is 24.3 Å². The lowest BCUT2D eigenvalue weighted by atomic mass is 10.3. The molecule has 0 fully saturated rings. The van der Waals surface area contributed by atoms with E-state index in [1.165, 1.54) is 12.5 Å². The van der Waals surface area contributed by atoms with Crippen LogP contribution in [0.4, 0.5) is 0 Å². The van der Waals surface area contributed by atoms with Crippen LogP contribution < -0.4 is 4.74 Å². The van der Waals surface area contributed by atoms with Crippen molar-refractivity contribution in [3.05, 3.63) is 42.0 Å². The predicted molar refractivity (Wildman–Crippen MR) is 50.5 cm³/mol. The highest BCUT2D eigenvalue weighted by Crippen LogP contribution is 2.10. The molecule has 2 aromatic rings. The first-order valence-corrected chi connectivity index (χ1v) is 4.31. The third-order valence-electron chi connectivity index (χ3n) is 1.77. The number of hydrogen-bond donors (Lipinski definition) is 0. The smallest absolute Gasteiger partial charge is 0.168 e. The lowest BCUT2D eigenvalue weighted by Gasteiger charge is -2.02. The summed E-state index contributed by atoms with van der Waals surface area (Å²) in [6.07, 6.45) is 5.27. The summed E-state index contributed by atoms with van der Waals surface area (Å²) in [6, 6.07) is 3.28. The molecule has 15 heavy (non-hydrogen) atoms. The molecule has 0 unspecified atom stereocenters. The van der Waals surface area contributed by atoms with Crippen molar-refractivity contribution in [1.82, 2.24) is 10.1 Å². The Labute approximate surface area is 85.7 Å². The normalized spacial score (nSPS) is 9.87. The Kier molecular flexibility index (Phi) is 2.73. The van der Waals surface area contributed by atoms with Gasteiger partial charge >= 0.3 is 0 Å². The number of rotatable bonds is 4. The molecule has 2 aromatic heterocycles. The van der Waals surface area contributed by atoms with E-state index in [2.05, 4.69) is 14.7 Å². The maximum Gasteiger partial charge on any atom is 0.168 e. The Morgan fingerprint density at radius 1 is 1.40 bits per heavy atom. The van der Waals surface area contributed by atoms with Crippen LogP contribution in [-0.4, -0.2) is 16.4 Å². The van der Waals surface area contributed by atoms with E-state index in [0.29, 0.717) is 24.3 Å². The molecule has 5 heteroatoms. The Morgan fingerprint density at radius 3 is 2.93 bits per heavy atom. The van der Waals surface area contributed by atoms with Crippen LogP contribution in [-0.2, 0) is 6.61 Å². The molecule has 76 valence electrons. The first-order valence-electron chi connectivity index (χ1n) is 4.31. The minimum atomic E-state index is 0.367. The third kappa shape index (κ3) is 2.40. The van der Waals surface area contributed by atoms with Crippen LogP contribution in [0.15, 0.2) is 35.3 Å². The number of aldehydes is 1. The number of pyridine rings is 1. The maximum atomic E-state index is 10.3. The number of carbonyl (C=O) groups is 1. The molecule has 2 heterocycles. The van der Waals surface area contributed by atoms with E-state index in [9.17, 15) is 4.79 Å². The average molecular weight is 204 g/mol. The summed E-state index contributed by atoms with van der Waals surface area (Å²) in [5, 5.41) is 3.54. The Hall–Kier alpha value is -2.17. The van der Waals surface area contributed by atoms with Gasteiger partial charge in [0, 0.05) is 5.56 Å². The standard InChI is InChI=1S/C10H8N2O3/c13-5-9-1-2-10(4-11-9)14-6-8-3-12-15-7-8/h1-5,7H,6H2. The largest absolute Gasteiger partial charge is 0.487 e. The first kappa shape index (κ1) is 9.39. The van der Waals surface area contributed by atoms with Gasteiger partial charge in [-0.25, -0.2) is 4.98 Å². The van der Waals surface area contributed by atoms with Gasteiger partial charge < -0.3 is 9.26 Å². The van der Waals surface area contributed by atoms with Crippen LogP contribution in [0.1, 0.15) is 16.1 Å². The van der Waals surface area contributed by atoms with Crippen molar-refractivity contribution in [2.45, 2.75) is 6.61 Å². The lowest BCUT2D eigenvalue weighted by Crippen LogP contribution is -1.95. The van der Waals surface area contributed by atoms with E-state index in [-0.39, 0.29) is 0 Å². The molecule has 0 aromatic carbocycles. The molecule has 0 N–H and O–H groups in total. The minimum Gasteiger partial charge on any atom is -0.487 e. The van der Waals surface area contributed by atoms with Gasteiger partial charge in [-0.05, 0) is 12.1 Å². The zero-order valence-electron chi connectivity index (χ0n) is 7.79. The second kappa shape index (κ2) is 4.36. The molecule has 0 aliphatic rings. The van der Waals surface area contributed by atoms with Gasteiger partial charge in [-0.3, -0.25) is 4.79 Å². The van der Waals surface area contributed by atoms with Crippen LogP contribution in [0.25, 0.3) is 0 Å².